The summed E-state index contributed by atoms with van der Waals surface area (Å²) in [5, 5.41) is 0. The van der Waals surface area contributed by atoms with Gasteiger partial charge in [0.15, 0.2) is 6.61 Å². The van der Waals surface area contributed by atoms with Crippen molar-refractivity contribution < 1.29 is 23.8 Å². The quantitative estimate of drug-likeness (QED) is 0.496. The molecule has 0 saturated carbocycles. The number of rotatable bonds is 8. The van der Waals surface area contributed by atoms with Gasteiger partial charge in [0.2, 0.25) is 0 Å². The van der Waals surface area contributed by atoms with Crippen LogP contribution in [0.5, 0.6) is 11.5 Å². The number of hydrogen-bond donors (Lipinski definition) is 0. The van der Waals surface area contributed by atoms with Crippen molar-refractivity contribution in [2.45, 2.75) is 46.1 Å². The summed E-state index contributed by atoms with van der Waals surface area (Å²) < 4.78 is 16.0. The third kappa shape index (κ3) is 6.13. The van der Waals surface area contributed by atoms with Crippen LogP contribution in [-0.2, 0) is 9.53 Å². The predicted octanol–water partition coefficient (Wildman–Crippen LogP) is 4.75. The third-order valence-electron chi connectivity index (χ3n) is 4.07. The number of carbonyl (C=O) groups excluding carboxylic acids is 2. The summed E-state index contributed by atoms with van der Waals surface area (Å²) >= 11 is 0. The van der Waals surface area contributed by atoms with Crippen LogP contribution in [0.25, 0.3) is 0 Å². The first-order chi connectivity index (χ1) is 12.9. The van der Waals surface area contributed by atoms with Crippen molar-refractivity contribution in [3.8, 4) is 11.5 Å². The molecule has 0 N–H and O–H groups in total. The number of carbonyl (C=O) groups is 2. The molecule has 0 aliphatic carbocycles. The molecular formula is C22H26O5. The standard InChI is InChI=1S/C22H26O5/c1-5-16(4)19-8-6-7-9-20(19)25-14-21(23)27-18-12-10-17(11-13-18)22(24)26-15(2)3/h6-13,15-16H,5,14H2,1-4H3. The highest BCUT2D eigenvalue weighted by Gasteiger charge is 2.13. The lowest BCUT2D eigenvalue weighted by Gasteiger charge is -2.15. The molecule has 0 aliphatic heterocycles. The predicted molar refractivity (Wildman–Crippen MR) is 103 cm³/mol. The van der Waals surface area contributed by atoms with Gasteiger partial charge in [0.1, 0.15) is 11.5 Å². The van der Waals surface area contributed by atoms with Crippen molar-refractivity contribution in [3.63, 3.8) is 0 Å². The second-order valence-electron chi connectivity index (χ2n) is 6.59. The van der Waals surface area contributed by atoms with Crippen LogP contribution in [0.1, 0.15) is 56.0 Å². The van der Waals surface area contributed by atoms with E-state index in [1.165, 1.54) is 0 Å². The average Bonchev–Trinajstić information content (AvgIpc) is 2.66. The van der Waals surface area contributed by atoms with Gasteiger partial charge in [0.25, 0.3) is 0 Å². The molecule has 5 heteroatoms. The number of benzene rings is 2. The third-order valence-corrected chi connectivity index (χ3v) is 4.07. The van der Waals surface area contributed by atoms with E-state index in [1.807, 2.05) is 24.3 Å². The zero-order valence-corrected chi connectivity index (χ0v) is 16.2. The molecule has 0 fully saturated rings. The molecule has 5 nitrogen and oxygen atoms in total. The lowest BCUT2D eigenvalue weighted by molar-refractivity contribution is -0.136. The fourth-order valence-electron chi connectivity index (χ4n) is 2.48. The summed E-state index contributed by atoms with van der Waals surface area (Å²) in [6.07, 6.45) is 0.793. The fourth-order valence-corrected chi connectivity index (χ4v) is 2.48. The highest BCUT2D eigenvalue weighted by atomic mass is 16.6. The van der Waals surface area contributed by atoms with Crippen LogP contribution in [0.3, 0.4) is 0 Å². The zero-order valence-electron chi connectivity index (χ0n) is 16.2. The molecule has 27 heavy (non-hydrogen) atoms. The van der Waals surface area contributed by atoms with Crippen molar-refractivity contribution >= 4 is 11.9 Å². The number of esters is 2. The molecule has 0 spiro atoms. The zero-order chi connectivity index (χ0) is 19.8. The molecule has 2 rings (SSSR count). The smallest absolute Gasteiger partial charge is 0.349 e. The summed E-state index contributed by atoms with van der Waals surface area (Å²) in [6.45, 7) is 7.61. The van der Waals surface area contributed by atoms with Crippen molar-refractivity contribution in [2.24, 2.45) is 0 Å². The van der Waals surface area contributed by atoms with Gasteiger partial charge in [-0.2, -0.15) is 0 Å². The molecule has 0 radical (unpaired) electrons. The molecular weight excluding hydrogens is 344 g/mol. The number of para-hydroxylation sites is 1. The summed E-state index contributed by atoms with van der Waals surface area (Å²) in [5.41, 5.74) is 1.48. The molecule has 0 aromatic heterocycles. The molecule has 0 aliphatic rings. The molecule has 0 saturated heterocycles. The van der Waals surface area contributed by atoms with Gasteiger partial charge in [-0.15, -0.1) is 0 Å². The molecule has 2 aromatic carbocycles. The van der Waals surface area contributed by atoms with Gasteiger partial charge < -0.3 is 14.2 Å². The lowest BCUT2D eigenvalue weighted by atomic mass is 9.98. The van der Waals surface area contributed by atoms with E-state index in [4.69, 9.17) is 14.2 Å². The maximum Gasteiger partial charge on any atom is 0.349 e. The Bertz CT molecular complexity index is 765. The minimum atomic E-state index is -0.508. The SMILES string of the molecule is CCC(C)c1ccccc1OCC(=O)Oc1ccc(C(=O)OC(C)C)cc1. The van der Waals surface area contributed by atoms with Gasteiger partial charge in [-0.25, -0.2) is 9.59 Å². The second kappa shape index (κ2) is 9.76. The first-order valence-electron chi connectivity index (χ1n) is 9.14. The Morgan fingerprint density at radius 3 is 2.26 bits per heavy atom. The van der Waals surface area contributed by atoms with Crippen LogP contribution in [-0.4, -0.2) is 24.6 Å². The Hall–Kier alpha value is -2.82. The van der Waals surface area contributed by atoms with Crippen LogP contribution >= 0.6 is 0 Å². The first kappa shape index (κ1) is 20.5. The summed E-state index contributed by atoms with van der Waals surface area (Å²) in [6, 6.07) is 13.9. The maximum absolute atomic E-state index is 12.1. The number of hydrogen-bond acceptors (Lipinski definition) is 5. The average molecular weight is 370 g/mol. The van der Waals surface area contributed by atoms with Gasteiger partial charge in [-0.05, 0) is 62.1 Å². The molecule has 0 bridgehead atoms. The summed E-state index contributed by atoms with van der Waals surface area (Å²) in [5.74, 6) is 0.463. The van der Waals surface area contributed by atoms with Crippen LogP contribution < -0.4 is 9.47 Å². The Kier molecular flexibility index (Phi) is 7.41. The first-order valence-corrected chi connectivity index (χ1v) is 9.14. The molecule has 0 heterocycles. The van der Waals surface area contributed by atoms with Crippen LogP contribution in [0.15, 0.2) is 48.5 Å². The van der Waals surface area contributed by atoms with E-state index in [2.05, 4.69) is 13.8 Å². The van der Waals surface area contributed by atoms with Crippen molar-refractivity contribution in [1.29, 1.82) is 0 Å². The van der Waals surface area contributed by atoms with Gasteiger partial charge in [0.05, 0.1) is 11.7 Å². The molecule has 1 atom stereocenters. The molecule has 1 unspecified atom stereocenters. The topological polar surface area (TPSA) is 61.8 Å². The summed E-state index contributed by atoms with van der Waals surface area (Å²) in [4.78, 5) is 23.9. The van der Waals surface area contributed by atoms with Crippen LogP contribution in [0.4, 0.5) is 0 Å². The highest BCUT2D eigenvalue weighted by Crippen LogP contribution is 2.28. The Morgan fingerprint density at radius 2 is 1.63 bits per heavy atom. The van der Waals surface area contributed by atoms with E-state index in [9.17, 15) is 9.59 Å². The lowest BCUT2D eigenvalue weighted by Crippen LogP contribution is -2.18. The fraction of sp³-hybridized carbons (Fsp3) is 0.364. The number of ether oxygens (including phenoxy) is 3. The van der Waals surface area contributed by atoms with E-state index in [1.54, 1.807) is 38.1 Å². The van der Waals surface area contributed by atoms with E-state index >= 15 is 0 Å². The maximum atomic E-state index is 12.1. The molecule has 144 valence electrons. The Morgan fingerprint density at radius 1 is 0.963 bits per heavy atom. The van der Waals surface area contributed by atoms with Gasteiger partial charge >= 0.3 is 11.9 Å². The normalized spacial score (nSPS) is 11.7. The van der Waals surface area contributed by atoms with E-state index in [0.717, 1.165) is 12.0 Å². The Balaban J connectivity index is 1.92. The van der Waals surface area contributed by atoms with Crippen molar-refractivity contribution in [2.75, 3.05) is 6.61 Å². The van der Waals surface area contributed by atoms with Crippen LogP contribution in [0, 0.1) is 0 Å². The molecule has 2 aromatic rings. The van der Waals surface area contributed by atoms with Crippen molar-refractivity contribution in [3.05, 3.63) is 59.7 Å². The van der Waals surface area contributed by atoms with Gasteiger partial charge in [-0.3, -0.25) is 0 Å². The van der Waals surface area contributed by atoms with Crippen molar-refractivity contribution in [1.82, 2.24) is 0 Å². The van der Waals surface area contributed by atoms with Crippen LogP contribution in [0.2, 0.25) is 0 Å². The second-order valence-corrected chi connectivity index (χ2v) is 6.59. The van der Waals surface area contributed by atoms with E-state index in [-0.39, 0.29) is 12.7 Å². The van der Waals surface area contributed by atoms with E-state index in [0.29, 0.717) is 23.0 Å². The largest absolute Gasteiger partial charge is 0.482 e. The summed E-state index contributed by atoms with van der Waals surface area (Å²) in [7, 11) is 0. The monoisotopic (exact) mass is 370 g/mol. The highest BCUT2D eigenvalue weighted by molar-refractivity contribution is 5.89. The Labute approximate surface area is 160 Å². The minimum absolute atomic E-state index is 0.189. The van der Waals surface area contributed by atoms with E-state index < -0.39 is 11.9 Å². The molecule has 0 amide bonds. The minimum Gasteiger partial charge on any atom is -0.482 e. The van der Waals surface area contributed by atoms with Gasteiger partial charge in [0, 0.05) is 0 Å². The van der Waals surface area contributed by atoms with Gasteiger partial charge in [-0.1, -0.05) is 32.0 Å².